The summed E-state index contributed by atoms with van der Waals surface area (Å²) in [5, 5.41) is 11.9. The Labute approximate surface area is 105 Å². The van der Waals surface area contributed by atoms with Gasteiger partial charge < -0.3 is 0 Å². The molecule has 0 aromatic carbocycles. The third-order valence-electron chi connectivity index (χ3n) is 2.04. The van der Waals surface area contributed by atoms with Crippen LogP contribution in [0, 0.1) is 0 Å². The minimum Gasteiger partial charge on any atom is -0.300 e. The molecule has 18 heavy (non-hydrogen) atoms. The first-order chi connectivity index (χ1) is 8.54. The van der Waals surface area contributed by atoms with Gasteiger partial charge in [0.1, 0.15) is 11.6 Å². The summed E-state index contributed by atoms with van der Waals surface area (Å²) < 4.78 is 1.45. The van der Waals surface area contributed by atoms with Crippen molar-refractivity contribution in [2.45, 2.75) is 33.6 Å². The van der Waals surface area contributed by atoms with Crippen LogP contribution in [0.4, 0.5) is 0 Å². The molecule has 0 aliphatic carbocycles. The van der Waals surface area contributed by atoms with Crippen LogP contribution in [0.2, 0.25) is 0 Å². The molecule has 0 unspecified atom stereocenters. The topological polar surface area (TPSA) is 77.2 Å². The number of Topliss-reactive ketones (excluding diaryl/α,β-unsaturated/α-hetero) is 2. The zero-order valence-electron chi connectivity index (χ0n) is 10.8. The molecule has 0 saturated carbocycles. The lowest BCUT2D eigenvalue weighted by Gasteiger charge is -2.01. The zero-order valence-corrected chi connectivity index (χ0v) is 10.8. The van der Waals surface area contributed by atoms with E-state index in [2.05, 4.69) is 15.3 Å². The van der Waals surface area contributed by atoms with E-state index in [-0.39, 0.29) is 24.4 Å². The van der Waals surface area contributed by atoms with Gasteiger partial charge in [-0.3, -0.25) is 9.59 Å². The number of carbonyl (C=O) groups is 2. The van der Waals surface area contributed by atoms with E-state index in [0.29, 0.717) is 11.6 Å². The van der Waals surface area contributed by atoms with Crippen LogP contribution < -0.4 is 0 Å². The third kappa shape index (κ3) is 4.04. The van der Waals surface area contributed by atoms with Crippen molar-refractivity contribution >= 4 is 17.8 Å². The van der Waals surface area contributed by atoms with Gasteiger partial charge in [0.05, 0.1) is 12.8 Å². The highest BCUT2D eigenvalue weighted by atomic mass is 16.1. The Hall–Kier alpha value is -2.11. The van der Waals surface area contributed by atoms with Crippen LogP contribution in [0.5, 0.6) is 0 Å². The Morgan fingerprint density at radius 1 is 1.17 bits per heavy atom. The first-order valence-corrected chi connectivity index (χ1v) is 5.62. The molecule has 0 aliphatic rings. The van der Waals surface area contributed by atoms with E-state index in [4.69, 9.17) is 0 Å². The number of ketones is 2. The number of rotatable bonds is 6. The monoisotopic (exact) mass is 248 g/mol. The second-order valence-electron chi connectivity index (χ2n) is 3.89. The van der Waals surface area contributed by atoms with Crippen molar-refractivity contribution in [2.24, 2.45) is 5.10 Å². The molecular formula is C12H16N4O2. The molecule has 0 saturated heterocycles. The predicted octanol–water partition coefficient (Wildman–Crippen LogP) is 0.951. The number of nitrogens with zero attached hydrogens (tertiary/aromatic N) is 4. The summed E-state index contributed by atoms with van der Waals surface area (Å²) in [6.45, 7) is 4.81. The van der Waals surface area contributed by atoms with E-state index in [9.17, 15) is 9.59 Å². The van der Waals surface area contributed by atoms with Crippen LogP contribution in [0.3, 0.4) is 0 Å². The standard InChI is InChI=1S/C12H16N4O2/c1-4-5-6-13-16-11(7-9(2)17)14-15-12(16)8-10(3)18/h4-6H,7-8H2,1-3H3. The normalized spacial score (nSPS) is 11.5. The van der Waals surface area contributed by atoms with Gasteiger partial charge in [-0.2, -0.15) is 5.10 Å². The molecule has 0 atom stereocenters. The highest BCUT2D eigenvalue weighted by Crippen LogP contribution is 2.05. The average molecular weight is 248 g/mol. The molecule has 1 aromatic rings. The van der Waals surface area contributed by atoms with Gasteiger partial charge >= 0.3 is 0 Å². The first-order valence-electron chi connectivity index (χ1n) is 5.62. The molecular weight excluding hydrogens is 232 g/mol. The Bertz CT molecular complexity index is 467. The molecule has 6 heteroatoms. The van der Waals surface area contributed by atoms with Gasteiger partial charge in [0.15, 0.2) is 11.6 Å². The highest BCUT2D eigenvalue weighted by Gasteiger charge is 2.14. The van der Waals surface area contributed by atoms with Gasteiger partial charge in [-0.1, -0.05) is 6.08 Å². The zero-order chi connectivity index (χ0) is 13.5. The van der Waals surface area contributed by atoms with Crippen molar-refractivity contribution in [2.75, 3.05) is 0 Å². The number of hydrogen-bond donors (Lipinski definition) is 0. The molecule has 0 radical (unpaired) electrons. The van der Waals surface area contributed by atoms with E-state index in [1.54, 1.807) is 12.3 Å². The second kappa shape index (κ2) is 6.58. The quantitative estimate of drug-likeness (QED) is 0.702. The van der Waals surface area contributed by atoms with E-state index >= 15 is 0 Å². The van der Waals surface area contributed by atoms with E-state index in [0.717, 1.165) is 0 Å². The average Bonchev–Trinajstić information content (AvgIpc) is 2.61. The molecule has 1 rings (SSSR count). The SMILES string of the molecule is CC=CC=Nn1c(CC(C)=O)nnc1CC(C)=O. The van der Waals surface area contributed by atoms with Gasteiger partial charge in [0.25, 0.3) is 0 Å². The minimum absolute atomic E-state index is 0.0285. The fourth-order valence-corrected chi connectivity index (χ4v) is 1.34. The summed E-state index contributed by atoms with van der Waals surface area (Å²) in [5.41, 5.74) is 0. The molecule has 0 aliphatic heterocycles. The van der Waals surface area contributed by atoms with Crippen LogP contribution in [-0.4, -0.2) is 32.7 Å². The number of aromatic nitrogens is 3. The van der Waals surface area contributed by atoms with Crippen molar-refractivity contribution in [1.29, 1.82) is 0 Å². The van der Waals surface area contributed by atoms with E-state index in [1.807, 2.05) is 13.0 Å². The maximum absolute atomic E-state index is 11.1. The Kier molecular flexibility index (Phi) is 5.10. The summed E-state index contributed by atoms with van der Waals surface area (Å²) >= 11 is 0. The molecule has 0 bridgehead atoms. The Balaban J connectivity index is 3.07. The van der Waals surface area contributed by atoms with Gasteiger partial charge in [-0.15, -0.1) is 10.2 Å². The number of allylic oxidation sites excluding steroid dienone is 2. The van der Waals surface area contributed by atoms with Crippen LogP contribution in [0.15, 0.2) is 17.3 Å². The lowest BCUT2D eigenvalue weighted by Crippen LogP contribution is -2.09. The molecule has 0 N–H and O–H groups in total. The van der Waals surface area contributed by atoms with Gasteiger partial charge in [-0.05, 0) is 26.8 Å². The maximum Gasteiger partial charge on any atom is 0.161 e. The summed E-state index contributed by atoms with van der Waals surface area (Å²) in [4.78, 5) is 22.2. The van der Waals surface area contributed by atoms with Crippen molar-refractivity contribution < 1.29 is 9.59 Å². The lowest BCUT2D eigenvalue weighted by atomic mass is 10.3. The van der Waals surface area contributed by atoms with Crippen LogP contribution in [-0.2, 0) is 22.4 Å². The first kappa shape index (κ1) is 14.0. The van der Waals surface area contributed by atoms with Crippen molar-refractivity contribution in [1.82, 2.24) is 14.9 Å². The Morgan fingerprint density at radius 2 is 1.67 bits per heavy atom. The predicted molar refractivity (Wildman–Crippen MR) is 67.5 cm³/mol. The van der Waals surface area contributed by atoms with Crippen molar-refractivity contribution in [3.63, 3.8) is 0 Å². The van der Waals surface area contributed by atoms with Crippen molar-refractivity contribution in [3.05, 3.63) is 23.8 Å². The highest BCUT2D eigenvalue weighted by molar-refractivity contribution is 5.78. The van der Waals surface area contributed by atoms with E-state index in [1.165, 1.54) is 18.5 Å². The largest absolute Gasteiger partial charge is 0.300 e. The third-order valence-corrected chi connectivity index (χ3v) is 2.04. The summed E-state index contributed by atoms with van der Waals surface area (Å²) in [6.07, 6.45) is 5.44. The Morgan fingerprint density at radius 3 is 2.06 bits per heavy atom. The van der Waals surface area contributed by atoms with Crippen molar-refractivity contribution in [3.8, 4) is 0 Å². The van der Waals surface area contributed by atoms with Crippen LogP contribution in [0.1, 0.15) is 32.4 Å². The fraction of sp³-hybridized carbons (Fsp3) is 0.417. The smallest absolute Gasteiger partial charge is 0.161 e. The summed E-state index contributed by atoms with van der Waals surface area (Å²) in [7, 11) is 0. The van der Waals surface area contributed by atoms with Gasteiger partial charge in [-0.25, -0.2) is 4.68 Å². The van der Waals surface area contributed by atoms with Gasteiger partial charge in [0, 0.05) is 6.21 Å². The molecule has 96 valence electrons. The molecule has 0 fully saturated rings. The second-order valence-corrected chi connectivity index (χ2v) is 3.89. The lowest BCUT2D eigenvalue weighted by molar-refractivity contribution is -0.117. The summed E-state index contributed by atoms with van der Waals surface area (Å²) in [6, 6.07) is 0. The molecule has 1 aromatic heterocycles. The molecule has 6 nitrogen and oxygen atoms in total. The number of carbonyl (C=O) groups excluding carboxylic acids is 2. The van der Waals surface area contributed by atoms with Crippen LogP contribution >= 0.6 is 0 Å². The van der Waals surface area contributed by atoms with Crippen LogP contribution in [0.25, 0.3) is 0 Å². The van der Waals surface area contributed by atoms with Gasteiger partial charge in [0.2, 0.25) is 0 Å². The molecule has 1 heterocycles. The molecule has 0 amide bonds. The molecule has 0 spiro atoms. The summed E-state index contributed by atoms with van der Waals surface area (Å²) in [5.74, 6) is 0.831. The number of hydrogen-bond acceptors (Lipinski definition) is 5. The fourth-order valence-electron chi connectivity index (χ4n) is 1.34. The maximum atomic E-state index is 11.1. The minimum atomic E-state index is -0.0285. The van der Waals surface area contributed by atoms with E-state index < -0.39 is 0 Å².